The maximum atomic E-state index is 12.9. The Balaban J connectivity index is 1.60. The van der Waals surface area contributed by atoms with Gasteiger partial charge in [-0.2, -0.15) is 0 Å². The normalized spacial score (nSPS) is 19.9. The van der Waals surface area contributed by atoms with Crippen LogP contribution in [0.4, 0.5) is 0 Å². The molecule has 1 spiro atoms. The highest BCUT2D eigenvalue weighted by Crippen LogP contribution is 2.40. The van der Waals surface area contributed by atoms with Crippen molar-refractivity contribution in [2.24, 2.45) is 5.41 Å². The number of carbonyl (C=O) groups excluding carboxylic acids is 3. The van der Waals surface area contributed by atoms with E-state index < -0.39 is 6.04 Å². The molecule has 1 aromatic heterocycles. The number of rotatable bonds is 6. The van der Waals surface area contributed by atoms with E-state index in [1.165, 1.54) is 6.92 Å². The van der Waals surface area contributed by atoms with Gasteiger partial charge in [-0.3, -0.25) is 19.4 Å². The van der Waals surface area contributed by atoms with E-state index in [9.17, 15) is 14.4 Å². The Hall–Kier alpha value is -2.44. The molecule has 29 heavy (non-hydrogen) atoms. The molecule has 2 fully saturated rings. The van der Waals surface area contributed by atoms with Crippen molar-refractivity contribution in [3.8, 4) is 0 Å². The molecule has 2 saturated heterocycles. The SMILES string of the molecule is CCCC(NC(C)=O)C(=O)N1CCC2(CCC(=O)N(Cc3ccccn3)C2)CC1. The van der Waals surface area contributed by atoms with Gasteiger partial charge in [-0.15, -0.1) is 0 Å². The van der Waals surface area contributed by atoms with Crippen molar-refractivity contribution >= 4 is 17.7 Å². The van der Waals surface area contributed by atoms with Gasteiger partial charge in [-0.25, -0.2) is 0 Å². The van der Waals surface area contributed by atoms with Crippen molar-refractivity contribution in [2.45, 2.75) is 65.0 Å². The molecule has 0 saturated carbocycles. The molecule has 3 amide bonds. The van der Waals surface area contributed by atoms with Gasteiger partial charge in [0, 0.05) is 39.2 Å². The monoisotopic (exact) mass is 400 g/mol. The van der Waals surface area contributed by atoms with Crippen LogP contribution in [0.5, 0.6) is 0 Å². The molecule has 0 aliphatic carbocycles. The van der Waals surface area contributed by atoms with Gasteiger partial charge in [0.2, 0.25) is 17.7 Å². The van der Waals surface area contributed by atoms with Crippen LogP contribution in [0, 0.1) is 5.41 Å². The molecule has 1 atom stereocenters. The maximum absolute atomic E-state index is 12.9. The Morgan fingerprint density at radius 3 is 2.62 bits per heavy atom. The van der Waals surface area contributed by atoms with Crippen molar-refractivity contribution < 1.29 is 14.4 Å². The number of pyridine rings is 1. The number of hydrogen-bond acceptors (Lipinski definition) is 4. The predicted octanol–water partition coefficient (Wildman–Crippen LogP) is 2.12. The van der Waals surface area contributed by atoms with Gasteiger partial charge in [-0.05, 0) is 43.2 Å². The lowest BCUT2D eigenvalue weighted by molar-refractivity contribution is -0.144. The summed E-state index contributed by atoms with van der Waals surface area (Å²) in [5.74, 6) is 0.0452. The van der Waals surface area contributed by atoms with Gasteiger partial charge in [0.15, 0.2) is 0 Å². The van der Waals surface area contributed by atoms with Gasteiger partial charge >= 0.3 is 0 Å². The predicted molar refractivity (Wildman–Crippen MR) is 110 cm³/mol. The third kappa shape index (κ3) is 5.34. The second kappa shape index (κ2) is 9.37. The fraction of sp³-hybridized carbons (Fsp3) is 0.636. The summed E-state index contributed by atoms with van der Waals surface area (Å²) in [6.07, 6.45) is 6.49. The van der Waals surface area contributed by atoms with Crippen LogP contribution in [-0.2, 0) is 20.9 Å². The Labute approximate surface area is 172 Å². The highest BCUT2D eigenvalue weighted by molar-refractivity contribution is 5.87. The highest BCUT2D eigenvalue weighted by Gasteiger charge is 2.42. The van der Waals surface area contributed by atoms with E-state index in [2.05, 4.69) is 10.3 Å². The van der Waals surface area contributed by atoms with Gasteiger partial charge in [0.25, 0.3) is 0 Å². The zero-order valence-corrected chi connectivity index (χ0v) is 17.5. The maximum Gasteiger partial charge on any atom is 0.245 e. The Morgan fingerprint density at radius 1 is 1.24 bits per heavy atom. The molecular weight excluding hydrogens is 368 g/mol. The zero-order chi connectivity index (χ0) is 20.9. The van der Waals surface area contributed by atoms with Gasteiger partial charge in [0.1, 0.15) is 6.04 Å². The molecule has 3 rings (SSSR count). The number of nitrogens with zero attached hydrogens (tertiary/aromatic N) is 3. The number of likely N-dealkylation sites (tertiary alicyclic amines) is 2. The summed E-state index contributed by atoms with van der Waals surface area (Å²) < 4.78 is 0. The molecule has 0 bridgehead atoms. The van der Waals surface area contributed by atoms with E-state index in [1.807, 2.05) is 34.9 Å². The third-order valence-corrected chi connectivity index (χ3v) is 6.22. The molecule has 2 aliphatic heterocycles. The number of piperidine rings is 2. The topological polar surface area (TPSA) is 82.6 Å². The van der Waals surface area contributed by atoms with Crippen molar-refractivity contribution in [1.82, 2.24) is 20.1 Å². The van der Waals surface area contributed by atoms with E-state index in [1.54, 1.807) is 6.20 Å². The standard InChI is InChI=1S/C22H32N4O3/c1-3-6-19(24-17(2)27)21(29)25-13-10-22(11-14-25)9-8-20(28)26(16-22)15-18-7-4-5-12-23-18/h4-5,7,12,19H,3,6,8-11,13-16H2,1-2H3,(H,24,27). The van der Waals surface area contributed by atoms with Crippen LogP contribution in [0.15, 0.2) is 24.4 Å². The number of carbonyl (C=O) groups is 3. The number of nitrogens with one attached hydrogen (secondary N) is 1. The average molecular weight is 401 g/mol. The van der Waals surface area contributed by atoms with Gasteiger partial charge in [0.05, 0.1) is 12.2 Å². The average Bonchev–Trinajstić information content (AvgIpc) is 2.71. The fourth-order valence-corrected chi connectivity index (χ4v) is 4.55. The Bertz CT molecular complexity index is 729. The summed E-state index contributed by atoms with van der Waals surface area (Å²) in [6, 6.07) is 5.34. The van der Waals surface area contributed by atoms with E-state index >= 15 is 0 Å². The van der Waals surface area contributed by atoms with Crippen LogP contribution < -0.4 is 5.32 Å². The van der Waals surface area contributed by atoms with Crippen molar-refractivity contribution in [3.05, 3.63) is 30.1 Å². The molecule has 158 valence electrons. The van der Waals surface area contributed by atoms with Crippen molar-refractivity contribution in [1.29, 1.82) is 0 Å². The molecule has 3 heterocycles. The molecule has 1 aromatic rings. The lowest BCUT2D eigenvalue weighted by atomic mass is 9.72. The van der Waals surface area contributed by atoms with Crippen LogP contribution in [-0.4, -0.2) is 58.2 Å². The van der Waals surface area contributed by atoms with Crippen LogP contribution >= 0.6 is 0 Å². The fourth-order valence-electron chi connectivity index (χ4n) is 4.55. The third-order valence-electron chi connectivity index (χ3n) is 6.22. The summed E-state index contributed by atoms with van der Waals surface area (Å²) in [5.41, 5.74) is 0.983. The zero-order valence-electron chi connectivity index (χ0n) is 17.5. The number of aromatic nitrogens is 1. The molecule has 2 aliphatic rings. The molecular formula is C22H32N4O3. The first kappa shape index (κ1) is 21.3. The quantitative estimate of drug-likeness (QED) is 0.793. The second-order valence-corrected chi connectivity index (χ2v) is 8.44. The number of hydrogen-bond donors (Lipinski definition) is 1. The van der Waals surface area contributed by atoms with E-state index in [4.69, 9.17) is 0 Å². The minimum atomic E-state index is -0.430. The van der Waals surface area contributed by atoms with E-state index in [0.717, 1.165) is 37.9 Å². The van der Waals surface area contributed by atoms with Crippen LogP contribution in [0.2, 0.25) is 0 Å². The van der Waals surface area contributed by atoms with Crippen LogP contribution in [0.1, 0.15) is 58.1 Å². The van der Waals surface area contributed by atoms with E-state index in [-0.39, 0.29) is 23.1 Å². The van der Waals surface area contributed by atoms with Gasteiger partial charge < -0.3 is 15.1 Å². The van der Waals surface area contributed by atoms with Crippen LogP contribution in [0.3, 0.4) is 0 Å². The Kier molecular flexibility index (Phi) is 6.87. The summed E-state index contributed by atoms with van der Waals surface area (Å²) in [7, 11) is 0. The van der Waals surface area contributed by atoms with E-state index in [0.29, 0.717) is 32.5 Å². The largest absolute Gasteiger partial charge is 0.345 e. The molecule has 1 N–H and O–H groups in total. The minimum absolute atomic E-state index is 0.0223. The molecule has 0 radical (unpaired) electrons. The summed E-state index contributed by atoms with van der Waals surface area (Å²) in [4.78, 5) is 45.0. The lowest BCUT2D eigenvalue weighted by Gasteiger charge is -2.47. The smallest absolute Gasteiger partial charge is 0.245 e. The van der Waals surface area contributed by atoms with Crippen molar-refractivity contribution in [2.75, 3.05) is 19.6 Å². The van der Waals surface area contributed by atoms with Crippen molar-refractivity contribution in [3.63, 3.8) is 0 Å². The lowest BCUT2D eigenvalue weighted by Crippen LogP contribution is -2.55. The summed E-state index contributed by atoms with van der Waals surface area (Å²) >= 11 is 0. The molecule has 0 aromatic carbocycles. The minimum Gasteiger partial charge on any atom is -0.345 e. The van der Waals surface area contributed by atoms with Gasteiger partial charge in [-0.1, -0.05) is 19.4 Å². The molecule has 7 nitrogen and oxygen atoms in total. The molecule has 7 heteroatoms. The molecule has 1 unspecified atom stereocenters. The Morgan fingerprint density at radius 2 is 2.00 bits per heavy atom. The summed E-state index contributed by atoms with van der Waals surface area (Å²) in [5, 5.41) is 2.80. The first-order valence-corrected chi connectivity index (χ1v) is 10.7. The number of amides is 3. The first-order chi connectivity index (χ1) is 13.9. The van der Waals surface area contributed by atoms with Crippen LogP contribution in [0.25, 0.3) is 0 Å². The first-order valence-electron chi connectivity index (χ1n) is 10.7. The second-order valence-electron chi connectivity index (χ2n) is 8.44. The summed E-state index contributed by atoms with van der Waals surface area (Å²) in [6.45, 7) is 6.12. The highest BCUT2D eigenvalue weighted by atomic mass is 16.2.